The van der Waals surface area contributed by atoms with Gasteiger partial charge in [0.25, 0.3) is 0 Å². The number of allylic oxidation sites excluding steroid dienone is 2. The molecule has 2 bridgehead atoms. The molecule has 3 aliphatic rings. The Balaban J connectivity index is 1.40. The van der Waals surface area contributed by atoms with Crippen LogP contribution in [-0.4, -0.2) is 28.2 Å². The molecule has 1 saturated heterocycles. The minimum atomic E-state index is -0.0865. The summed E-state index contributed by atoms with van der Waals surface area (Å²) in [5.41, 5.74) is 3.45. The second-order valence-corrected chi connectivity index (χ2v) is 7.35. The van der Waals surface area contributed by atoms with Crippen molar-refractivity contribution in [1.29, 1.82) is 0 Å². The molecular weight excluding hydrogens is 300 g/mol. The number of benzene rings is 1. The molecule has 2 aromatic rings. The minimum absolute atomic E-state index is 0.0549. The molecule has 0 unspecified atom stereocenters. The molecule has 2 aliphatic carbocycles. The van der Waals surface area contributed by atoms with Crippen LogP contribution in [0.3, 0.4) is 0 Å². The third-order valence-electron chi connectivity index (χ3n) is 6.17. The van der Waals surface area contributed by atoms with Crippen LogP contribution in [0.2, 0.25) is 0 Å². The first-order valence-electron chi connectivity index (χ1n) is 8.75. The van der Waals surface area contributed by atoms with Crippen LogP contribution in [0.5, 0.6) is 0 Å². The van der Waals surface area contributed by atoms with Gasteiger partial charge in [0.05, 0.1) is 11.8 Å². The van der Waals surface area contributed by atoms with Crippen molar-refractivity contribution in [2.75, 3.05) is 6.54 Å². The van der Waals surface area contributed by atoms with Gasteiger partial charge in [-0.3, -0.25) is 14.5 Å². The molecule has 4 nitrogen and oxygen atoms in total. The fourth-order valence-electron chi connectivity index (χ4n) is 5.06. The van der Waals surface area contributed by atoms with E-state index < -0.39 is 0 Å². The van der Waals surface area contributed by atoms with Gasteiger partial charge in [0, 0.05) is 23.1 Å². The summed E-state index contributed by atoms with van der Waals surface area (Å²) < 4.78 is 0. The van der Waals surface area contributed by atoms with Crippen molar-refractivity contribution in [2.24, 2.45) is 23.7 Å². The Morgan fingerprint density at radius 3 is 2.46 bits per heavy atom. The Morgan fingerprint density at radius 1 is 1.08 bits per heavy atom. The van der Waals surface area contributed by atoms with Gasteiger partial charge in [-0.15, -0.1) is 0 Å². The maximum atomic E-state index is 12.8. The van der Waals surface area contributed by atoms with E-state index >= 15 is 0 Å². The van der Waals surface area contributed by atoms with Crippen LogP contribution in [0.1, 0.15) is 17.7 Å². The third-order valence-corrected chi connectivity index (χ3v) is 6.17. The van der Waals surface area contributed by atoms with Crippen molar-refractivity contribution in [1.82, 2.24) is 9.88 Å². The molecule has 2 amide bonds. The first-order valence-corrected chi connectivity index (χ1v) is 8.75. The maximum absolute atomic E-state index is 12.8. The Morgan fingerprint density at radius 2 is 1.75 bits per heavy atom. The normalized spacial score (nSPS) is 30.8. The minimum Gasteiger partial charge on any atom is -0.358 e. The van der Waals surface area contributed by atoms with Crippen LogP contribution >= 0.6 is 0 Å². The molecular formula is C20H20N2O2. The van der Waals surface area contributed by atoms with Gasteiger partial charge in [-0.25, -0.2) is 0 Å². The Kier molecular flexibility index (Phi) is 2.82. The number of hydrogen-bond donors (Lipinski definition) is 1. The summed E-state index contributed by atoms with van der Waals surface area (Å²) in [4.78, 5) is 30.4. The molecule has 1 aromatic heterocycles. The number of imide groups is 1. The molecule has 2 heterocycles. The lowest BCUT2D eigenvalue weighted by Gasteiger charge is -2.17. The second-order valence-electron chi connectivity index (χ2n) is 7.35. The highest BCUT2D eigenvalue weighted by Crippen LogP contribution is 2.52. The van der Waals surface area contributed by atoms with E-state index in [1.165, 1.54) is 15.8 Å². The van der Waals surface area contributed by atoms with E-state index in [4.69, 9.17) is 0 Å². The average molecular weight is 320 g/mol. The fourth-order valence-corrected chi connectivity index (χ4v) is 5.06. The van der Waals surface area contributed by atoms with Gasteiger partial charge in [0.15, 0.2) is 0 Å². The zero-order valence-electron chi connectivity index (χ0n) is 13.7. The van der Waals surface area contributed by atoms with E-state index in [1.54, 1.807) is 0 Å². The predicted octanol–water partition coefficient (Wildman–Crippen LogP) is 2.83. The fraction of sp³-hybridized carbons (Fsp3) is 0.400. The molecule has 1 aromatic carbocycles. The molecule has 0 radical (unpaired) electrons. The first-order chi connectivity index (χ1) is 11.6. The topological polar surface area (TPSA) is 53.2 Å². The number of H-pyrrole nitrogens is 1. The summed E-state index contributed by atoms with van der Waals surface area (Å²) >= 11 is 0. The number of carbonyl (C=O) groups excluding carboxylic acids is 2. The summed E-state index contributed by atoms with van der Waals surface area (Å²) in [6, 6.07) is 8.20. The molecule has 122 valence electrons. The number of nitrogens with one attached hydrogen (secondary N) is 1. The Labute approximate surface area is 140 Å². The number of aromatic nitrogens is 1. The first kappa shape index (κ1) is 14.0. The number of hydrogen-bond acceptors (Lipinski definition) is 2. The largest absolute Gasteiger partial charge is 0.358 e. The van der Waals surface area contributed by atoms with Crippen molar-refractivity contribution in [2.45, 2.75) is 19.8 Å². The number of amides is 2. The van der Waals surface area contributed by atoms with Crippen LogP contribution in [0.15, 0.2) is 36.4 Å². The van der Waals surface area contributed by atoms with E-state index in [1.807, 2.05) is 12.1 Å². The monoisotopic (exact) mass is 320 g/mol. The van der Waals surface area contributed by atoms with Gasteiger partial charge in [0.1, 0.15) is 0 Å². The van der Waals surface area contributed by atoms with E-state index in [2.05, 4.69) is 36.2 Å². The van der Waals surface area contributed by atoms with Crippen LogP contribution < -0.4 is 0 Å². The van der Waals surface area contributed by atoms with Gasteiger partial charge < -0.3 is 4.98 Å². The highest BCUT2D eigenvalue weighted by Gasteiger charge is 2.58. The van der Waals surface area contributed by atoms with Crippen molar-refractivity contribution >= 4 is 22.7 Å². The Bertz CT molecular complexity index is 864. The van der Waals surface area contributed by atoms with Gasteiger partial charge in [-0.2, -0.15) is 0 Å². The standard InChI is InChI=1S/C20H20N2O2/c1-11-14(15-4-2-3-5-16(15)21-11)8-9-22-19(23)17-12-6-7-13(10-12)18(17)20(22)24/h2-7,12-13,17-18,21H,8-10H2,1H3/t12-,13-,17-,18+/m0/s1. The zero-order valence-corrected chi connectivity index (χ0v) is 13.7. The summed E-state index contributed by atoms with van der Waals surface area (Å²) in [7, 11) is 0. The number of fused-ring (bicyclic) bond motifs is 6. The number of rotatable bonds is 3. The lowest BCUT2D eigenvalue weighted by Crippen LogP contribution is -2.34. The number of likely N-dealkylation sites (tertiary alicyclic amines) is 1. The SMILES string of the molecule is Cc1[nH]c2ccccc2c1CCN1C(=O)[C@@H]2[C@H](C1=O)[C@H]1C=C[C@H]2C1. The van der Waals surface area contributed by atoms with E-state index in [-0.39, 0.29) is 35.5 Å². The molecule has 4 atom stereocenters. The van der Waals surface area contributed by atoms with Crippen LogP contribution in [0, 0.1) is 30.6 Å². The van der Waals surface area contributed by atoms with Crippen molar-refractivity contribution in [3.05, 3.63) is 47.7 Å². The van der Waals surface area contributed by atoms with Gasteiger partial charge in [0.2, 0.25) is 11.8 Å². The molecule has 1 saturated carbocycles. The molecule has 0 spiro atoms. The van der Waals surface area contributed by atoms with E-state index in [9.17, 15) is 9.59 Å². The average Bonchev–Trinajstić information content (AvgIpc) is 3.30. The summed E-state index contributed by atoms with van der Waals surface area (Å²) in [6.45, 7) is 2.55. The van der Waals surface area contributed by atoms with E-state index in [0.29, 0.717) is 6.54 Å². The predicted molar refractivity (Wildman–Crippen MR) is 91.2 cm³/mol. The summed E-state index contributed by atoms with van der Waals surface area (Å²) in [6.07, 6.45) is 5.99. The highest BCUT2D eigenvalue weighted by molar-refractivity contribution is 6.06. The van der Waals surface area contributed by atoms with Crippen molar-refractivity contribution in [3.8, 4) is 0 Å². The number of aromatic amines is 1. The highest BCUT2D eigenvalue weighted by atomic mass is 16.2. The molecule has 1 aliphatic heterocycles. The Hall–Kier alpha value is -2.36. The molecule has 4 heteroatoms. The number of aryl methyl sites for hydroxylation is 1. The van der Waals surface area contributed by atoms with Crippen LogP contribution in [0.25, 0.3) is 10.9 Å². The third kappa shape index (κ3) is 1.74. The zero-order chi connectivity index (χ0) is 16.4. The van der Waals surface area contributed by atoms with Gasteiger partial charge in [-0.1, -0.05) is 30.4 Å². The molecule has 5 rings (SSSR count). The number of nitrogens with zero attached hydrogens (tertiary/aromatic N) is 1. The van der Waals surface area contributed by atoms with Gasteiger partial charge >= 0.3 is 0 Å². The lowest BCUT2D eigenvalue weighted by molar-refractivity contribution is -0.140. The second kappa shape index (κ2) is 4.82. The molecule has 2 fully saturated rings. The quantitative estimate of drug-likeness (QED) is 0.698. The molecule has 1 N–H and O–H groups in total. The summed E-state index contributed by atoms with van der Waals surface area (Å²) in [5.74, 6) is 0.513. The maximum Gasteiger partial charge on any atom is 0.233 e. The van der Waals surface area contributed by atoms with Crippen molar-refractivity contribution < 1.29 is 9.59 Å². The smallest absolute Gasteiger partial charge is 0.233 e. The van der Waals surface area contributed by atoms with Crippen LogP contribution in [0.4, 0.5) is 0 Å². The van der Waals surface area contributed by atoms with Crippen molar-refractivity contribution in [3.63, 3.8) is 0 Å². The van der Waals surface area contributed by atoms with Gasteiger partial charge in [-0.05, 0) is 43.2 Å². The molecule has 24 heavy (non-hydrogen) atoms. The number of para-hydroxylation sites is 1. The number of carbonyl (C=O) groups is 2. The van der Waals surface area contributed by atoms with E-state index in [0.717, 1.165) is 24.1 Å². The lowest BCUT2D eigenvalue weighted by atomic mass is 9.85. The van der Waals surface area contributed by atoms with Crippen LogP contribution in [-0.2, 0) is 16.0 Å². The summed E-state index contributed by atoms with van der Waals surface area (Å²) in [5, 5.41) is 1.19.